The van der Waals surface area contributed by atoms with Gasteiger partial charge in [0.05, 0.1) is 10.6 Å². The number of hydrogen-bond acceptors (Lipinski definition) is 4. The van der Waals surface area contributed by atoms with Crippen LogP contribution in [0.2, 0.25) is 0 Å². The summed E-state index contributed by atoms with van der Waals surface area (Å²) in [5, 5.41) is 0. The first-order valence-corrected chi connectivity index (χ1v) is 9.41. The molecule has 0 fully saturated rings. The van der Waals surface area contributed by atoms with Crippen LogP contribution in [0.1, 0.15) is 5.82 Å². The van der Waals surface area contributed by atoms with Crippen molar-refractivity contribution in [3.05, 3.63) is 66.4 Å². The zero-order chi connectivity index (χ0) is 20.5. The molecule has 28 heavy (non-hydrogen) atoms. The first-order chi connectivity index (χ1) is 13.1. The Kier molecular flexibility index (Phi) is 5.37. The number of benzene rings is 2. The van der Waals surface area contributed by atoms with E-state index in [1.165, 1.54) is 36.4 Å². The Morgan fingerprint density at radius 3 is 2.29 bits per heavy atom. The minimum atomic E-state index is -4.79. The van der Waals surface area contributed by atoms with Gasteiger partial charge in [-0.3, -0.25) is 0 Å². The molecule has 1 N–H and O–H groups in total. The fourth-order valence-corrected chi connectivity index (χ4v) is 3.33. The Balaban J connectivity index is 2.24. The van der Waals surface area contributed by atoms with E-state index in [0.29, 0.717) is 0 Å². The summed E-state index contributed by atoms with van der Waals surface area (Å²) in [5.41, 5.74) is 0.441. The van der Waals surface area contributed by atoms with Crippen LogP contribution in [0.15, 0.2) is 59.6 Å². The van der Waals surface area contributed by atoms with E-state index in [1.807, 2.05) is 0 Å². The summed E-state index contributed by atoms with van der Waals surface area (Å²) in [7, 11) is -4.00. The van der Waals surface area contributed by atoms with Crippen LogP contribution in [0.5, 0.6) is 0 Å². The van der Waals surface area contributed by atoms with Crippen LogP contribution in [0.25, 0.3) is 22.4 Å². The molecule has 0 saturated heterocycles. The van der Waals surface area contributed by atoms with Crippen molar-refractivity contribution in [1.29, 1.82) is 0 Å². The molecule has 0 unspecified atom stereocenters. The van der Waals surface area contributed by atoms with Gasteiger partial charge in [-0.15, -0.1) is 4.24 Å². The summed E-state index contributed by atoms with van der Waals surface area (Å²) in [6, 6.07) is 10.0. The molecule has 5 nitrogen and oxygen atoms in total. The monoisotopic (exact) mass is 431 g/mol. The van der Waals surface area contributed by atoms with Crippen LogP contribution >= 0.6 is 11.8 Å². The van der Waals surface area contributed by atoms with Gasteiger partial charge in [-0.05, 0) is 53.7 Å². The quantitative estimate of drug-likeness (QED) is 0.491. The van der Waals surface area contributed by atoms with E-state index in [1.54, 1.807) is 4.24 Å². The molecule has 0 atom stereocenters. The second kappa shape index (κ2) is 7.46. The Morgan fingerprint density at radius 1 is 1.00 bits per heavy atom. The number of nitrogens with zero attached hydrogens (tertiary/aromatic N) is 2. The zero-order valence-corrected chi connectivity index (χ0v) is 15.3. The fraction of sp³-hybridized carbons (Fsp3) is 0.0588. The minimum absolute atomic E-state index is 0.129. The maximum absolute atomic E-state index is 13.2. The first-order valence-electron chi connectivity index (χ1n) is 7.55. The van der Waals surface area contributed by atoms with Gasteiger partial charge in [0.15, 0.2) is 0 Å². The van der Waals surface area contributed by atoms with Crippen molar-refractivity contribution in [2.75, 3.05) is 0 Å². The number of rotatable bonds is 4. The van der Waals surface area contributed by atoms with E-state index in [2.05, 4.69) is 9.97 Å². The van der Waals surface area contributed by atoms with Gasteiger partial charge in [-0.2, -0.15) is 13.2 Å². The Labute approximate surface area is 162 Å². The van der Waals surface area contributed by atoms with Crippen molar-refractivity contribution in [1.82, 2.24) is 14.2 Å². The lowest BCUT2D eigenvalue weighted by Gasteiger charge is -2.13. The number of halogens is 5. The molecular weight excluding hydrogens is 422 g/mol. The van der Waals surface area contributed by atoms with E-state index >= 15 is 0 Å². The van der Waals surface area contributed by atoms with Crippen LogP contribution in [-0.4, -0.2) is 18.4 Å². The number of sulfonamides is 1. The van der Waals surface area contributed by atoms with Crippen molar-refractivity contribution >= 4 is 21.8 Å². The summed E-state index contributed by atoms with van der Waals surface area (Å²) in [4.78, 5) is 6.72. The Hall–Kier alpha value is -2.56. The molecule has 0 radical (unpaired) electrons. The van der Waals surface area contributed by atoms with E-state index in [-0.39, 0.29) is 27.3 Å². The predicted octanol–water partition coefficient (Wildman–Crippen LogP) is 4.40. The van der Waals surface area contributed by atoms with Gasteiger partial charge in [0, 0.05) is 17.3 Å². The third-order valence-corrected chi connectivity index (χ3v) is 5.40. The molecule has 3 aromatic rings. The molecule has 1 aromatic heterocycles. The van der Waals surface area contributed by atoms with E-state index < -0.39 is 27.8 Å². The average Bonchev–Trinajstić information content (AvgIpc) is 2.67. The maximum atomic E-state index is 13.2. The molecule has 0 amide bonds. The Morgan fingerprint density at radius 2 is 1.68 bits per heavy atom. The summed E-state index contributed by atoms with van der Waals surface area (Å²) >= 11 is 5.22. The van der Waals surface area contributed by atoms with Gasteiger partial charge < -0.3 is 0 Å². The topological polar surface area (TPSA) is 72.0 Å². The first kappa shape index (κ1) is 20.2. The highest BCUT2D eigenvalue weighted by atomic mass is 35.5. The standard InChI is InChI=1S/C17H10ClF4N3O2S/c18-25-28(26,27)13-3-1-2-11(8-13)14-9-23-16(17(20,21)22)24-15(14)10-4-6-12(19)7-5-10/h1-9,25H. The minimum Gasteiger partial charge on any atom is -0.232 e. The molecule has 0 aliphatic rings. The molecule has 11 heteroatoms. The van der Waals surface area contributed by atoms with Crippen LogP contribution in [-0.2, 0) is 16.2 Å². The molecule has 3 rings (SSSR count). The normalized spacial score (nSPS) is 12.2. The van der Waals surface area contributed by atoms with E-state index in [0.717, 1.165) is 18.3 Å². The number of aromatic nitrogens is 2. The van der Waals surface area contributed by atoms with Crippen molar-refractivity contribution < 1.29 is 26.0 Å². The number of alkyl halides is 3. The number of hydrogen-bond donors (Lipinski definition) is 1. The average molecular weight is 432 g/mol. The zero-order valence-electron chi connectivity index (χ0n) is 13.7. The number of nitrogens with one attached hydrogen (secondary N) is 1. The molecule has 1 heterocycles. The van der Waals surface area contributed by atoms with Gasteiger partial charge in [-0.25, -0.2) is 22.8 Å². The van der Waals surface area contributed by atoms with Gasteiger partial charge in [0.25, 0.3) is 10.0 Å². The second-order valence-corrected chi connectivity index (χ2v) is 7.66. The third kappa shape index (κ3) is 4.13. The molecule has 0 bridgehead atoms. The Bertz CT molecular complexity index is 1120. The maximum Gasteiger partial charge on any atom is 0.451 e. The van der Waals surface area contributed by atoms with Gasteiger partial charge in [0.1, 0.15) is 5.82 Å². The van der Waals surface area contributed by atoms with Crippen molar-refractivity contribution in [3.63, 3.8) is 0 Å². The lowest BCUT2D eigenvalue weighted by atomic mass is 10.0. The van der Waals surface area contributed by atoms with Crippen molar-refractivity contribution in [2.45, 2.75) is 11.1 Å². The van der Waals surface area contributed by atoms with Crippen LogP contribution in [0.3, 0.4) is 0 Å². The van der Waals surface area contributed by atoms with Crippen LogP contribution in [0, 0.1) is 5.82 Å². The van der Waals surface area contributed by atoms with Gasteiger partial charge in [0.2, 0.25) is 5.82 Å². The highest BCUT2D eigenvalue weighted by Gasteiger charge is 2.35. The van der Waals surface area contributed by atoms with E-state index in [9.17, 15) is 26.0 Å². The smallest absolute Gasteiger partial charge is 0.232 e. The summed E-state index contributed by atoms with van der Waals surface area (Å²) in [6.07, 6.45) is -3.85. The molecule has 0 aliphatic carbocycles. The molecule has 0 aliphatic heterocycles. The highest BCUT2D eigenvalue weighted by Crippen LogP contribution is 2.34. The lowest BCUT2D eigenvalue weighted by Crippen LogP contribution is -2.13. The summed E-state index contributed by atoms with van der Waals surface area (Å²) in [5.74, 6) is -1.95. The summed E-state index contributed by atoms with van der Waals surface area (Å²) < 4.78 is 77.8. The van der Waals surface area contributed by atoms with Crippen molar-refractivity contribution in [2.24, 2.45) is 0 Å². The fourth-order valence-electron chi connectivity index (χ4n) is 2.43. The van der Waals surface area contributed by atoms with Gasteiger partial charge >= 0.3 is 6.18 Å². The van der Waals surface area contributed by atoms with Crippen molar-refractivity contribution in [3.8, 4) is 22.4 Å². The second-order valence-electron chi connectivity index (χ2n) is 5.57. The lowest BCUT2D eigenvalue weighted by molar-refractivity contribution is -0.144. The van der Waals surface area contributed by atoms with E-state index in [4.69, 9.17) is 11.8 Å². The summed E-state index contributed by atoms with van der Waals surface area (Å²) in [6.45, 7) is 0. The molecule has 146 valence electrons. The van der Waals surface area contributed by atoms with Crippen LogP contribution in [0.4, 0.5) is 17.6 Å². The third-order valence-electron chi connectivity index (χ3n) is 3.72. The predicted molar refractivity (Wildman–Crippen MR) is 94.0 cm³/mol. The SMILES string of the molecule is O=S(=O)(NCl)c1cccc(-c2cnc(C(F)(F)F)nc2-c2ccc(F)cc2)c1. The molecule has 0 saturated carbocycles. The molecule has 2 aromatic carbocycles. The molecule has 0 spiro atoms. The molecular formula is C17H10ClF4N3O2S. The largest absolute Gasteiger partial charge is 0.451 e. The highest BCUT2D eigenvalue weighted by molar-refractivity contribution is 7.90. The van der Waals surface area contributed by atoms with Gasteiger partial charge in [-0.1, -0.05) is 12.1 Å². The van der Waals surface area contributed by atoms with Crippen LogP contribution < -0.4 is 4.24 Å².